The first-order valence-electron chi connectivity index (χ1n) is 24.8. The number of carbonyl (C=O) groups is 2. The van der Waals surface area contributed by atoms with Gasteiger partial charge in [0.25, 0.3) is 0 Å². The Bertz CT molecular complexity index is 1910. The number of unbranched alkanes of at least 4 members (excludes halogenated alkanes) is 12. The van der Waals surface area contributed by atoms with Crippen molar-refractivity contribution in [3.63, 3.8) is 0 Å². The van der Waals surface area contributed by atoms with Crippen molar-refractivity contribution >= 4 is 33.4 Å². The van der Waals surface area contributed by atoms with E-state index in [-0.39, 0.29) is 18.7 Å². The molecule has 9 atom stereocenters. The zero-order valence-corrected chi connectivity index (χ0v) is 42.3. The van der Waals surface area contributed by atoms with Crippen molar-refractivity contribution in [1.29, 1.82) is 0 Å². The van der Waals surface area contributed by atoms with Crippen LogP contribution < -0.4 is 11.4 Å². The number of nitrogens with two attached hydrogens (primary N) is 1. The molecule has 0 saturated carbocycles. The highest BCUT2D eigenvalue weighted by Gasteiger charge is 2.46. The van der Waals surface area contributed by atoms with Gasteiger partial charge in [0.2, 0.25) is 0 Å². The van der Waals surface area contributed by atoms with E-state index in [2.05, 4.69) is 71.8 Å². The Morgan fingerprint density at radius 1 is 0.725 bits per heavy atom. The number of nitrogens with zero attached hydrogens (tertiary/aromatic N) is 2. The van der Waals surface area contributed by atoms with Gasteiger partial charge in [-0.2, -0.15) is 9.29 Å². The SMILES string of the molecule is CCCCC/C=C\C/C=C\C/C=C\CCCCC(=O)OC[C@H](COP(=O)(O)OP(=O)(O)OC[C@H]1O[C@@H](n2ccc(N)nc2=O)[C@H](O)[C@@H]1O)OC(=O)CCCCCCCC1OC1C/C=C\CCCCC. The zero-order chi connectivity index (χ0) is 50.3. The van der Waals surface area contributed by atoms with E-state index in [1.54, 1.807) is 0 Å². The molecule has 0 aromatic carbocycles. The van der Waals surface area contributed by atoms with E-state index in [9.17, 15) is 43.5 Å². The second kappa shape index (κ2) is 34.1. The number of epoxide rings is 1. The minimum Gasteiger partial charge on any atom is -0.462 e. The van der Waals surface area contributed by atoms with E-state index in [1.807, 2.05) is 0 Å². The number of aromatic nitrogens is 2. The number of hydrogen-bond donors (Lipinski definition) is 5. The van der Waals surface area contributed by atoms with Gasteiger partial charge in [-0.1, -0.05) is 114 Å². The van der Waals surface area contributed by atoms with Crippen LogP contribution in [-0.2, 0) is 51.0 Å². The Morgan fingerprint density at radius 2 is 1.30 bits per heavy atom. The van der Waals surface area contributed by atoms with E-state index >= 15 is 0 Å². The number of ether oxygens (including phenoxy) is 4. The highest BCUT2D eigenvalue weighted by atomic mass is 31.3. The molecule has 2 fully saturated rings. The van der Waals surface area contributed by atoms with Crippen molar-refractivity contribution in [3.05, 3.63) is 71.4 Å². The summed E-state index contributed by atoms with van der Waals surface area (Å²) >= 11 is 0. The first kappa shape index (κ1) is 60.0. The van der Waals surface area contributed by atoms with Crippen LogP contribution in [0.5, 0.6) is 0 Å². The van der Waals surface area contributed by atoms with Crippen molar-refractivity contribution in [3.8, 4) is 0 Å². The molecule has 1 aromatic rings. The van der Waals surface area contributed by atoms with Gasteiger partial charge >= 0.3 is 33.3 Å². The Hall–Kier alpha value is -3.32. The molecule has 0 amide bonds. The minimum atomic E-state index is -5.44. The fourth-order valence-electron chi connectivity index (χ4n) is 7.33. The van der Waals surface area contributed by atoms with Crippen molar-refractivity contribution in [2.75, 3.05) is 25.6 Å². The number of esters is 2. The monoisotopic (exact) mass is 1020 g/mol. The maximum Gasteiger partial charge on any atom is 0.481 e. The number of hydrogen-bond acceptors (Lipinski definition) is 16. The summed E-state index contributed by atoms with van der Waals surface area (Å²) < 4.78 is 62.5. The molecule has 21 heteroatoms. The third-order valence-corrected chi connectivity index (χ3v) is 13.9. The smallest absolute Gasteiger partial charge is 0.462 e. The fourth-order valence-corrected chi connectivity index (χ4v) is 9.44. The molecular formula is C48H79N3O16P2. The highest BCUT2D eigenvalue weighted by Crippen LogP contribution is 2.60. The van der Waals surface area contributed by atoms with E-state index in [0.717, 1.165) is 87.8 Å². The summed E-state index contributed by atoms with van der Waals surface area (Å²) in [7, 11) is -10.9. The van der Waals surface area contributed by atoms with Gasteiger partial charge in [0.1, 0.15) is 30.7 Å². The molecule has 19 nitrogen and oxygen atoms in total. The summed E-state index contributed by atoms with van der Waals surface area (Å²) in [4.78, 5) is 61.9. The van der Waals surface area contributed by atoms with Gasteiger partial charge in [0.05, 0.1) is 25.4 Å². The number of carbonyl (C=O) groups excluding carboxylic acids is 2. The Morgan fingerprint density at radius 3 is 1.97 bits per heavy atom. The fraction of sp³-hybridized carbons (Fsp3) is 0.708. The van der Waals surface area contributed by atoms with Gasteiger partial charge < -0.3 is 44.7 Å². The van der Waals surface area contributed by atoms with Crippen LogP contribution in [0.25, 0.3) is 0 Å². The van der Waals surface area contributed by atoms with Gasteiger partial charge in [-0.15, -0.1) is 0 Å². The van der Waals surface area contributed by atoms with Crippen LogP contribution in [0.3, 0.4) is 0 Å². The number of allylic oxidation sites excluding steroid dienone is 7. The molecule has 4 unspecified atom stereocenters. The molecule has 2 aliphatic rings. The van der Waals surface area contributed by atoms with Crippen LogP contribution in [0.4, 0.5) is 5.82 Å². The predicted molar refractivity (Wildman–Crippen MR) is 260 cm³/mol. The molecule has 0 radical (unpaired) electrons. The molecular weight excluding hydrogens is 936 g/mol. The lowest BCUT2D eigenvalue weighted by Crippen LogP contribution is -2.36. The zero-order valence-electron chi connectivity index (χ0n) is 40.5. The summed E-state index contributed by atoms with van der Waals surface area (Å²) in [6.07, 6.45) is 30.7. The topological polar surface area (TPSA) is 278 Å². The average Bonchev–Trinajstić information content (AvgIpc) is 3.99. The summed E-state index contributed by atoms with van der Waals surface area (Å²) in [5.41, 5.74) is 4.58. The maximum absolute atomic E-state index is 12.9. The number of phosphoric ester groups is 2. The van der Waals surface area contributed by atoms with Gasteiger partial charge in [0, 0.05) is 19.0 Å². The normalized spacial score (nSPS) is 22.7. The lowest BCUT2D eigenvalue weighted by molar-refractivity contribution is -0.161. The average molecular weight is 1020 g/mol. The number of phosphoric acid groups is 2. The van der Waals surface area contributed by atoms with E-state index in [0.29, 0.717) is 25.0 Å². The van der Waals surface area contributed by atoms with Gasteiger partial charge in [0.15, 0.2) is 12.3 Å². The molecule has 0 bridgehead atoms. The van der Waals surface area contributed by atoms with Crippen LogP contribution in [0.2, 0.25) is 0 Å². The highest BCUT2D eigenvalue weighted by molar-refractivity contribution is 7.61. The van der Waals surface area contributed by atoms with Gasteiger partial charge in [-0.3, -0.25) is 23.2 Å². The number of aliphatic hydroxyl groups is 2. The van der Waals surface area contributed by atoms with Gasteiger partial charge in [-0.25, -0.2) is 13.9 Å². The van der Waals surface area contributed by atoms with Crippen LogP contribution in [0.1, 0.15) is 161 Å². The molecule has 3 rings (SSSR count). The third kappa shape index (κ3) is 26.6. The summed E-state index contributed by atoms with van der Waals surface area (Å²) in [5, 5.41) is 20.9. The molecule has 0 spiro atoms. The second-order valence-corrected chi connectivity index (χ2v) is 20.4. The van der Waals surface area contributed by atoms with Crippen molar-refractivity contribution in [2.45, 2.75) is 198 Å². The Kier molecular flexibility index (Phi) is 29.7. The number of rotatable bonds is 39. The van der Waals surface area contributed by atoms with Crippen LogP contribution in [0.15, 0.2) is 65.7 Å². The van der Waals surface area contributed by atoms with E-state index < -0.39 is 83.7 Å². The summed E-state index contributed by atoms with van der Waals surface area (Å²) in [6.45, 7) is 2.03. The lowest BCUT2D eigenvalue weighted by Gasteiger charge is -2.21. The Labute approximate surface area is 407 Å². The standard InChI is InChI=1S/C48H79N3O16P2/c1-3-5-7-9-11-12-13-14-15-16-17-18-19-23-27-31-43(52)61-35-38(64-44(53)32-28-24-20-22-26-30-40-39(65-40)29-25-21-10-8-6-4-2)36-62-68(57,58)67-69(59,60)63-37-41-45(54)46(55)47(66-41)51-34-33-42(49)50-48(51)56/h11-12,14-15,17-18,21,25,33-34,38-41,45-47,54-55H,3-10,13,16,19-20,22-24,26-32,35-37H2,1-2H3,(H,57,58)(H,59,60)(H2,49,50,56)/b12-11-,15-14-,18-17-,25-21-/t38-,39?,40?,41-,45-,46-,47-/m1/s1. The molecule has 0 aliphatic carbocycles. The van der Waals surface area contributed by atoms with E-state index in [1.165, 1.54) is 44.6 Å². The largest absolute Gasteiger partial charge is 0.481 e. The molecule has 1 aromatic heterocycles. The number of aliphatic hydroxyl groups excluding tert-OH is 2. The van der Waals surface area contributed by atoms with Crippen molar-refractivity contribution < 1.29 is 71.0 Å². The molecule has 2 aliphatic heterocycles. The molecule has 6 N–H and O–H groups in total. The third-order valence-electron chi connectivity index (χ3n) is 11.3. The molecule has 69 heavy (non-hydrogen) atoms. The molecule has 2 saturated heterocycles. The van der Waals surface area contributed by atoms with Gasteiger partial charge in [-0.05, 0) is 83.1 Å². The Balaban J connectivity index is 1.42. The summed E-state index contributed by atoms with van der Waals surface area (Å²) in [6, 6.07) is 1.24. The maximum atomic E-state index is 12.9. The van der Waals surface area contributed by atoms with Crippen LogP contribution in [0, 0.1) is 0 Å². The molecule has 392 valence electrons. The second-order valence-electron chi connectivity index (χ2n) is 17.3. The lowest BCUT2D eigenvalue weighted by atomic mass is 10.1. The molecule has 3 heterocycles. The number of nitrogen functional groups attached to an aromatic ring is 1. The van der Waals surface area contributed by atoms with Crippen LogP contribution >= 0.6 is 15.6 Å². The first-order valence-corrected chi connectivity index (χ1v) is 27.8. The van der Waals surface area contributed by atoms with Crippen LogP contribution in [-0.4, -0.2) is 97.9 Å². The van der Waals surface area contributed by atoms with Crippen molar-refractivity contribution in [2.24, 2.45) is 0 Å². The van der Waals surface area contributed by atoms with E-state index in [4.69, 9.17) is 33.7 Å². The van der Waals surface area contributed by atoms with Crippen molar-refractivity contribution in [1.82, 2.24) is 9.55 Å². The quantitative estimate of drug-likeness (QED) is 0.0135. The first-order chi connectivity index (χ1) is 33.1. The minimum absolute atomic E-state index is 0.0173. The number of anilines is 1. The predicted octanol–water partition coefficient (Wildman–Crippen LogP) is 8.76. The summed E-state index contributed by atoms with van der Waals surface area (Å²) in [5.74, 6) is -1.37.